The first-order valence-electron chi connectivity index (χ1n) is 6.43. The number of hydrogen-bond acceptors (Lipinski definition) is 3. The van der Waals surface area contributed by atoms with Crippen molar-refractivity contribution in [2.75, 3.05) is 0 Å². The number of nitrogens with zero attached hydrogens (tertiary/aromatic N) is 1. The Morgan fingerprint density at radius 1 is 1.22 bits per heavy atom. The van der Waals surface area contributed by atoms with Gasteiger partial charge in [-0.1, -0.05) is 18.6 Å². The highest BCUT2D eigenvalue weighted by molar-refractivity contribution is 5.81. The Morgan fingerprint density at radius 3 is 2.56 bits per heavy atom. The van der Waals surface area contributed by atoms with Crippen molar-refractivity contribution in [3.05, 3.63) is 39.9 Å². The third kappa shape index (κ3) is 3.15. The monoisotopic (exact) mass is 247 g/mol. The molecule has 0 saturated heterocycles. The van der Waals surface area contributed by atoms with Gasteiger partial charge < -0.3 is 0 Å². The smallest absolute Gasteiger partial charge is 0.269 e. The van der Waals surface area contributed by atoms with Gasteiger partial charge in [0.25, 0.3) is 5.69 Å². The van der Waals surface area contributed by atoms with E-state index in [4.69, 9.17) is 0 Å². The van der Waals surface area contributed by atoms with Crippen LogP contribution in [0.3, 0.4) is 0 Å². The average molecular weight is 247 g/mol. The fourth-order valence-electron chi connectivity index (χ4n) is 2.49. The molecule has 4 heteroatoms. The largest absolute Gasteiger partial charge is 0.299 e. The van der Waals surface area contributed by atoms with Gasteiger partial charge in [0.1, 0.15) is 5.78 Å². The first-order chi connectivity index (χ1) is 8.66. The topological polar surface area (TPSA) is 60.2 Å². The van der Waals surface area contributed by atoms with E-state index in [0.29, 0.717) is 5.78 Å². The van der Waals surface area contributed by atoms with Gasteiger partial charge in [-0.3, -0.25) is 14.9 Å². The number of non-ortho nitro benzene ring substituents is 1. The number of hydrogen-bond donors (Lipinski definition) is 0. The first kappa shape index (κ1) is 12.7. The number of benzene rings is 1. The molecule has 0 aliphatic heterocycles. The molecule has 4 nitrogen and oxygen atoms in total. The van der Waals surface area contributed by atoms with Crippen molar-refractivity contribution < 1.29 is 9.72 Å². The van der Waals surface area contributed by atoms with Crippen LogP contribution in [0.1, 0.15) is 37.7 Å². The second kappa shape index (κ2) is 5.76. The molecule has 0 radical (unpaired) electrons. The minimum absolute atomic E-state index is 0.118. The number of nitro groups is 1. The number of carbonyl (C=O) groups is 1. The second-order valence-electron chi connectivity index (χ2n) is 4.87. The summed E-state index contributed by atoms with van der Waals surface area (Å²) in [5.41, 5.74) is 1.19. The molecular weight excluding hydrogens is 230 g/mol. The van der Waals surface area contributed by atoms with E-state index in [-0.39, 0.29) is 11.6 Å². The Hall–Kier alpha value is -1.71. The van der Waals surface area contributed by atoms with Gasteiger partial charge in [-0.05, 0) is 31.2 Å². The number of carbonyl (C=O) groups excluding carboxylic acids is 1. The minimum Gasteiger partial charge on any atom is -0.299 e. The third-order valence-corrected chi connectivity index (χ3v) is 3.61. The highest BCUT2D eigenvalue weighted by atomic mass is 16.6. The summed E-state index contributed by atoms with van der Waals surface area (Å²) in [4.78, 5) is 21.8. The molecule has 0 amide bonds. The van der Waals surface area contributed by atoms with E-state index in [2.05, 4.69) is 0 Å². The van der Waals surface area contributed by atoms with Crippen molar-refractivity contribution in [2.45, 2.75) is 38.5 Å². The fourth-order valence-corrected chi connectivity index (χ4v) is 2.49. The standard InChI is InChI=1S/C14H17NO3/c16-14-4-2-1-3-12(14)8-5-11-6-9-13(10-7-11)15(17)18/h6-7,9-10,12H,1-5,8H2. The lowest BCUT2D eigenvalue weighted by Gasteiger charge is -2.20. The van der Waals surface area contributed by atoms with Crippen molar-refractivity contribution in [1.29, 1.82) is 0 Å². The Labute approximate surface area is 106 Å². The van der Waals surface area contributed by atoms with E-state index < -0.39 is 4.92 Å². The van der Waals surface area contributed by atoms with Gasteiger partial charge >= 0.3 is 0 Å². The van der Waals surface area contributed by atoms with Crippen molar-refractivity contribution in [3.8, 4) is 0 Å². The molecule has 96 valence electrons. The summed E-state index contributed by atoms with van der Waals surface area (Å²) in [5, 5.41) is 10.5. The zero-order valence-electron chi connectivity index (χ0n) is 10.3. The Morgan fingerprint density at radius 2 is 1.94 bits per heavy atom. The van der Waals surface area contributed by atoms with E-state index in [1.807, 2.05) is 0 Å². The van der Waals surface area contributed by atoms with Crippen LogP contribution in [0.5, 0.6) is 0 Å². The molecule has 0 spiro atoms. The van der Waals surface area contributed by atoms with Crippen molar-refractivity contribution in [1.82, 2.24) is 0 Å². The van der Waals surface area contributed by atoms with Crippen LogP contribution in [0.4, 0.5) is 5.69 Å². The van der Waals surface area contributed by atoms with Crippen LogP contribution < -0.4 is 0 Å². The van der Waals surface area contributed by atoms with Crippen LogP contribution in [0.15, 0.2) is 24.3 Å². The average Bonchev–Trinajstić information content (AvgIpc) is 2.38. The fraction of sp³-hybridized carbons (Fsp3) is 0.500. The summed E-state index contributed by atoms with van der Waals surface area (Å²) in [7, 11) is 0. The van der Waals surface area contributed by atoms with Crippen LogP contribution >= 0.6 is 0 Å². The molecule has 1 aromatic rings. The molecule has 0 bridgehead atoms. The van der Waals surface area contributed by atoms with Crippen LogP contribution in [0, 0.1) is 16.0 Å². The van der Waals surface area contributed by atoms with Gasteiger partial charge in [0, 0.05) is 24.5 Å². The van der Waals surface area contributed by atoms with Crippen LogP contribution in [-0.2, 0) is 11.2 Å². The summed E-state index contributed by atoms with van der Waals surface area (Å²) >= 11 is 0. The predicted octanol–water partition coefficient (Wildman–Crippen LogP) is 3.29. The van der Waals surface area contributed by atoms with Gasteiger partial charge in [-0.15, -0.1) is 0 Å². The van der Waals surface area contributed by atoms with Gasteiger partial charge in [-0.25, -0.2) is 0 Å². The normalized spacial score (nSPS) is 19.8. The number of Topliss-reactive ketones (excluding diaryl/α,β-unsaturated/α-hetero) is 1. The maximum atomic E-state index is 11.7. The summed E-state index contributed by atoms with van der Waals surface area (Å²) in [6.07, 6.45) is 5.62. The Bertz CT molecular complexity index is 439. The zero-order valence-corrected chi connectivity index (χ0v) is 10.3. The van der Waals surface area contributed by atoms with Crippen molar-refractivity contribution >= 4 is 11.5 Å². The SMILES string of the molecule is O=C1CCCCC1CCc1ccc([N+](=O)[O-])cc1. The van der Waals surface area contributed by atoms with Gasteiger partial charge in [0.15, 0.2) is 0 Å². The summed E-state index contributed by atoms with van der Waals surface area (Å²) < 4.78 is 0. The first-order valence-corrected chi connectivity index (χ1v) is 6.43. The molecule has 1 unspecified atom stereocenters. The quantitative estimate of drug-likeness (QED) is 0.606. The predicted molar refractivity (Wildman–Crippen MR) is 68.4 cm³/mol. The Balaban J connectivity index is 1.89. The summed E-state index contributed by atoms with van der Waals surface area (Å²) in [5.74, 6) is 0.595. The summed E-state index contributed by atoms with van der Waals surface area (Å²) in [6.45, 7) is 0. The lowest BCUT2D eigenvalue weighted by atomic mass is 9.84. The lowest BCUT2D eigenvalue weighted by molar-refractivity contribution is -0.384. The summed E-state index contributed by atoms with van der Waals surface area (Å²) in [6, 6.07) is 6.62. The molecule has 2 rings (SSSR count). The zero-order chi connectivity index (χ0) is 13.0. The molecule has 1 aliphatic carbocycles. The van der Waals surface area contributed by atoms with Gasteiger partial charge in [0.05, 0.1) is 4.92 Å². The molecule has 0 N–H and O–H groups in total. The van der Waals surface area contributed by atoms with Gasteiger partial charge in [0.2, 0.25) is 0 Å². The van der Waals surface area contributed by atoms with Gasteiger partial charge in [-0.2, -0.15) is 0 Å². The van der Waals surface area contributed by atoms with Crippen LogP contribution in [0.25, 0.3) is 0 Å². The lowest BCUT2D eigenvalue weighted by Crippen LogP contribution is -2.19. The third-order valence-electron chi connectivity index (χ3n) is 3.61. The molecule has 1 aromatic carbocycles. The molecule has 1 fully saturated rings. The molecule has 0 heterocycles. The molecule has 1 saturated carbocycles. The van der Waals surface area contributed by atoms with E-state index in [1.54, 1.807) is 12.1 Å². The molecule has 1 atom stereocenters. The number of rotatable bonds is 4. The van der Waals surface area contributed by atoms with E-state index in [9.17, 15) is 14.9 Å². The maximum absolute atomic E-state index is 11.7. The van der Waals surface area contributed by atoms with Crippen molar-refractivity contribution in [2.24, 2.45) is 5.92 Å². The molecular formula is C14H17NO3. The van der Waals surface area contributed by atoms with E-state index in [0.717, 1.165) is 44.1 Å². The van der Waals surface area contributed by atoms with Crippen LogP contribution in [-0.4, -0.2) is 10.7 Å². The minimum atomic E-state index is -0.394. The van der Waals surface area contributed by atoms with Crippen LogP contribution in [0.2, 0.25) is 0 Å². The maximum Gasteiger partial charge on any atom is 0.269 e. The van der Waals surface area contributed by atoms with Crippen molar-refractivity contribution in [3.63, 3.8) is 0 Å². The number of aryl methyl sites for hydroxylation is 1. The number of ketones is 1. The second-order valence-corrected chi connectivity index (χ2v) is 4.87. The molecule has 18 heavy (non-hydrogen) atoms. The highest BCUT2D eigenvalue weighted by Crippen LogP contribution is 2.25. The highest BCUT2D eigenvalue weighted by Gasteiger charge is 2.21. The molecule has 1 aliphatic rings. The Kier molecular flexibility index (Phi) is 4.07. The number of nitro benzene ring substituents is 1. The van der Waals surface area contributed by atoms with E-state index in [1.165, 1.54) is 12.1 Å². The molecule has 0 aromatic heterocycles. The van der Waals surface area contributed by atoms with E-state index >= 15 is 0 Å².